The maximum absolute atomic E-state index is 11.4. The lowest BCUT2D eigenvalue weighted by molar-refractivity contribution is -0.150. The predicted octanol–water partition coefficient (Wildman–Crippen LogP) is -0.285. The van der Waals surface area contributed by atoms with Gasteiger partial charge in [-0.25, -0.2) is 4.79 Å². The third-order valence-electron chi connectivity index (χ3n) is 2.01. The molecule has 0 rings (SSSR count). The first-order chi connectivity index (χ1) is 6.17. The molecule has 0 aliphatic carbocycles. The van der Waals surface area contributed by atoms with Gasteiger partial charge in [0.2, 0.25) is 4.87 Å². The molecule has 6 nitrogen and oxygen atoms in total. The molecule has 0 radical (unpaired) electrons. The van der Waals surface area contributed by atoms with E-state index in [-0.39, 0.29) is 6.61 Å². The number of carbonyl (C=O) groups is 1. The van der Waals surface area contributed by atoms with Gasteiger partial charge in [0.15, 0.2) is 0 Å². The molecule has 0 aliphatic rings. The monoisotopic (exact) mass is 225 g/mol. The van der Waals surface area contributed by atoms with Gasteiger partial charge in [0.25, 0.3) is 10.1 Å². The Labute approximate surface area is 83.6 Å². The number of likely N-dealkylation sites (N-methyl/N-ethyl adjacent to an activating group) is 1. The van der Waals surface area contributed by atoms with E-state index in [9.17, 15) is 13.2 Å². The Morgan fingerprint density at radius 3 is 2.14 bits per heavy atom. The van der Waals surface area contributed by atoms with Gasteiger partial charge in [-0.1, -0.05) is 0 Å². The first kappa shape index (κ1) is 13.3. The van der Waals surface area contributed by atoms with E-state index in [1.807, 2.05) is 0 Å². The number of hydrogen-bond acceptors (Lipinski definition) is 5. The molecule has 0 spiro atoms. The van der Waals surface area contributed by atoms with E-state index in [4.69, 9.17) is 4.55 Å². The molecule has 0 fully saturated rings. The van der Waals surface area contributed by atoms with Crippen LogP contribution in [0.2, 0.25) is 0 Å². The summed E-state index contributed by atoms with van der Waals surface area (Å²) < 4.78 is 35.6. The van der Waals surface area contributed by atoms with Crippen molar-refractivity contribution in [2.75, 3.05) is 20.7 Å². The minimum atomic E-state index is -4.53. The number of carbonyl (C=O) groups excluding carboxylic acids is 1. The van der Waals surface area contributed by atoms with Crippen LogP contribution in [0.4, 0.5) is 0 Å². The van der Waals surface area contributed by atoms with Crippen molar-refractivity contribution in [2.24, 2.45) is 0 Å². The van der Waals surface area contributed by atoms with Crippen molar-refractivity contribution in [3.05, 3.63) is 0 Å². The molecular formula is C7H15NO5S. The molecule has 0 aromatic heterocycles. The predicted molar refractivity (Wildman–Crippen MR) is 50.3 cm³/mol. The second-order valence-electron chi connectivity index (χ2n) is 3.07. The maximum atomic E-state index is 11.4. The standard InChI is InChI=1S/C7H15NO5S/c1-5-13-6(9)7(2,8(3)4)14(10,11)12/h5H2,1-4H3,(H,10,11,12). The first-order valence-electron chi connectivity index (χ1n) is 3.99. The Morgan fingerprint density at radius 2 is 1.93 bits per heavy atom. The SMILES string of the molecule is CCOC(=O)C(C)(N(C)C)S(=O)(=O)O. The van der Waals surface area contributed by atoms with Gasteiger partial charge in [-0.3, -0.25) is 9.45 Å². The van der Waals surface area contributed by atoms with Crippen molar-refractivity contribution < 1.29 is 22.5 Å². The fraction of sp³-hybridized carbons (Fsp3) is 0.857. The molecule has 1 unspecified atom stereocenters. The summed E-state index contributed by atoms with van der Waals surface area (Å²) in [6, 6.07) is 0. The van der Waals surface area contributed by atoms with Crippen LogP contribution < -0.4 is 0 Å². The fourth-order valence-corrected chi connectivity index (χ4v) is 1.51. The first-order valence-corrected chi connectivity index (χ1v) is 5.43. The van der Waals surface area contributed by atoms with Gasteiger partial charge in [-0.2, -0.15) is 8.42 Å². The Hall–Kier alpha value is -0.660. The summed E-state index contributed by atoms with van der Waals surface area (Å²) in [6.45, 7) is 2.69. The van der Waals surface area contributed by atoms with E-state index in [1.54, 1.807) is 6.92 Å². The Kier molecular flexibility index (Phi) is 4.04. The number of esters is 1. The summed E-state index contributed by atoms with van der Waals surface area (Å²) in [5.41, 5.74) is 0. The van der Waals surface area contributed by atoms with E-state index in [1.165, 1.54) is 14.1 Å². The lowest BCUT2D eigenvalue weighted by Gasteiger charge is -2.30. The van der Waals surface area contributed by atoms with E-state index in [0.717, 1.165) is 11.8 Å². The van der Waals surface area contributed by atoms with Crippen LogP contribution in [0.1, 0.15) is 13.8 Å². The van der Waals surface area contributed by atoms with E-state index >= 15 is 0 Å². The van der Waals surface area contributed by atoms with Gasteiger partial charge < -0.3 is 4.74 Å². The van der Waals surface area contributed by atoms with Crippen molar-refractivity contribution in [3.8, 4) is 0 Å². The summed E-state index contributed by atoms with van der Waals surface area (Å²) in [4.78, 5) is 10.4. The fourth-order valence-electron chi connectivity index (χ4n) is 0.784. The summed E-state index contributed by atoms with van der Waals surface area (Å²) in [5.74, 6) is -0.993. The zero-order valence-corrected chi connectivity index (χ0v) is 9.46. The molecule has 0 saturated carbocycles. The lowest BCUT2D eigenvalue weighted by Crippen LogP contribution is -2.55. The largest absolute Gasteiger partial charge is 0.464 e. The van der Waals surface area contributed by atoms with Crippen LogP contribution in [-0.2, 0) is 19.6 Å². The topological polar surface area (TPSA) is 83.9 Å². The molecule has 0 amide bonds. The minimum absolute atomic E-state index is 0.0534. The van der Waals surface area contributed by atoms with Crippen LogP contribution in [0.15, 0.2) is 0 Å². The molecule has 84 valence electrons. The molecule has 0 bridgehead atoms. The van der Waals surface area contributed by atoms with Crippen LogP contribution >= 0.6 is 0 Å². The van der Waals surface area contributed by atoms with Gasteiger partial charge in [0.05, 0.1) is 6.61 Å². The van der Waals surface area contributed by atoms with Crippen LogP contribution in [0.25, 0.3) is 0 Å². The molecule has 1 N–H and O–H groups in total. The van der Waals surface area contributed by atoms with Gasteiger partial charge in [0, 0.05) is 0 Å². The molecule has 0 aromatic rings. The average Bonchev–Trinajstić information content (AvgIpc) is 2.00. The van der Waals surface area contributed by atoms with Gasteiger partial charge in [-0.15, -0.1) is 0 Å². The van der Waals surface area contributed by atoms with Crippen molar-refractivity contribution in [1.29, 1.82) is 0 Å². The second-order valence-corrected chi connectivity index (χ2v) is 4.82. The van der Waals surface area contributed by atoms with Gasteiger partial charge >= 0.3 is 5.97 Å². The van der Waals surface area contributed by atoms with Crippen molar-refractivity contribution in [2.45, 2.75) is 18.7 Å². The summed E-state index contributed by atoms with van der Waals surface area (Å²) in [5, 5.41) is 0. The minimum Gasteiger partial charge on any atom is -0.464 e. The summed E-state index contributed by atoms with van der Waals surface area (Å²) in [6.07, 6.45) is 0. The molecule has 0 heterocycles. The van der Waals surface area contributed by atoms with Crippen molar-refractivity contribution in [3.63, 3.8) is 0 Å². The molecule has 0 aromatic carbocycles. The van der Waals surface area contributed by atoms with E-state index in [0.29, 0.717) is 0 Å². The van der Waals surface area contributed by atoms with Crippen LogP contribution in [0, 0.1) is 0 Å². The number of rotatable bonds is 4. The number of hydrogen-bond donors (Lipinski definition) is 1. The highest BCUT2D eigenvalue weighted by Crippen LogP contribution is 2.20. The van der Waals surface area contributed by atoms with Gasteiger partial charge in [0.1, 0.15) is 0 Å². The summed E-state index contributed by atoms with van der Waals surface area (Å²) in [7, 11) is -1.80. The summed E-state index contributed by atoms with van der Waals surface area (Å²) >= 11 is 0. The molecule has 0 saturated heterocycles. The Bertz CT molecular complexity index is 310. The van der Waals surface area contributed by atoms with E-state index in [2.05, 4.69) is 4.74 Å². The zero-order valence-electron chi connectivity index (χ0n) is 8.64. The average molecular weight is 225 g/mol. The molecule has 14 heavy (non-hydrogen) atoms. The van der Waals surface area contributed by atoms with Crippen LogP contribution in [0.3, 0.4) is 0 Å². The Morgan fingerprint density at radius 1 is 1.50 bits per heavy atom. The molecular weight excluding hydrogens is 210 g/mol. The number of ether oxygens (including phenoxy) is 1. The molecule has 7 heteroatoms. The smallest absolute Gasteiger partial charge is 0.344 e. The zero-order chi connectivity index (χ0) is 11.6. The molecule has 0 aliphatic heterocycles. The lowest BCUT2D eigenvalue weighted by atomic mass is 10.3. The maximum Gasteiger partial charge on any atom is 0.344 e. The quantitative estimate of drug-likeness (QED) is 0.523. The third kappa shape index (κ3) is 2.23. The number of nitrogens with zero attached hydrogens (tertiary/aromatic N) is 1. The Balaban J connectivity index is 5.23. The third-order valence-corrected chi connectivity index (χ3v) is 3.55. The molecule has 1 atom stereocenters. The van der Waals surface area contributed by atoms with E-state index < -0.39 is 21.0 Å². The normalized spacial score (nSPS) is 16.4. The van der Waals surface area contributed by atoms with Crippen LogP contribution in [-0.4, -0.2) is 49.4 Å². The van der Waals surface area contributed by atoms with Crippen molar-refractivity contribution >= 4 is 16.1 Å². The van der Waals surface area contributed by atoms with Crippen molar-refractivity contribution in [1.82, 2.24) is 4.90 Å². The highest BCUT2D eigenvalue weighted by Gasteiger charge is 2.49. The highest BCUT2D eigenvalue weighted by atomic mass is 32.2. The van der Waals surface area contributed by atoms with Crippen LogP contribution in [0.5, 0.6) is 0 Å². The second kappa shape index (κ2) is 4.24. The van der Waals surface area contributed by atoms with Gasteiger partial charge in [-0.05, 0) is 27.9 Å². The highest BCUT2D eigenvalue weighted by molar-refractivity contribution is 7.88.